The highest BCUT2D eigenvalue weighted by Gasteiger charge is 2.32. The van der Waals surface area contributed by atoms with Crippen LogP contribution in [0.15, 0.2) is 59.2 Å². The fourth-order valence-electron chi connectivity index (χ4n) is 2.92. The first-order valence-electron chi connectivity index (χ1n) is 7.12. The molecule has 0 radical (unpaired) electrons. The summed E-state index contributed by atoms with van der Waals surface area (Å²) in [7, 11) is 0. The average Bonchev–Trinajstić information content (AvgIpc) is 2.91. The number of hydrogen-bond acceptors (Lipinski definition) is 1. The zero-order valence-corrected chi connectivity index (χ0v) is 14.1. The third-order valence-corrected chi connectivity index (χ3v) is 4.50. The highest BCUT2D eigenvalue weighted by Crippen LogP contribution is 2.34. The molecule has 112 valence electrons. The zero-order chi connectivity index (χ0) is 15.7. The highest BCUT2D eigenvalue weighted by atomic mass is 79.9. The molecule has 3 aromatic rings. The van der Waals surface area contributed by atoms with Gasteiger partial charge in [-0.2, -0.15) is 0 Å². The molecule has 22 heavy (non-hydrogen) atoms. The molecule has 4 heteroatoms. The predicted octanol–water partition coefficient (Wildman–Crippen LogP) is 4.33. The van der Waals surface area contributed by atoms with Crippen LogP contribution in [0, 0.1) is 0 Å². The third-order valence-electron chi connectivity index (χ3n) is 3.98. The van der Waals surface area contributed by atoms with Crippen LogP contribution in [0.5, 0.6) is 0 Å². The monoisotopic (exact) mass is 356 g/mol. The SMILES string of the molecule is CC(=O)NC(C)(c1ccc(Br)cc1)c1c[nH]c2ccccc12. The number of hydrogen-bond donors (Lipinski definition) is 2. The summed E-state index contributed by atoms with van der Waals surface area (Å²) in [6, 6.07) is 16.2. The maximum atomic E-state index is 11.8. The minimum absolute atomic E-state index is 0.0595. The lowest BCUT2D eigenvalue weighted by Gasteiger charge is -2.31. The lowest BCUT2D eigenvalue weighted by atomic mass is 9.84. The fourth-order valence-corrected chi connectivity index (χ4v) is 3.18. The number of amides is 1. The van der Waals surface area contributed by atoms with E-state index in [2.05, 4.69) is 32.3 Å². The molecular formula is C18H17BrN2O. The number of halogens is 1. The van der Waals surface area contributed by atoms with Crippen LogP contribution in [0.1, 0.15) is 25.0 Å². The van der Waals surface area contributed by atoms with Gasteiger partial charge in [0.2, 0.25) is 5.91 Å². The van der Waals surface area contributed by atoms with E-state index in [0.717, 1.165) is 26.5 Å². The van der Waals surface area contributed by atoms with Gasteiger partial charge in [0, 0.05) is 34.1 Å². The topological polar surface area (TPSA) is 44.9 Å². The summed E-state index contributed by atoms with van der Waals surface area (Å²) in [4.78, 5) is 15.1. The van der Waals surface area contributed by atoms with E-state index in [1.165, 1.54) is 0 Å². The molecule has 0 fully saturated rings. The number of fused-ring (bicyclic) bond motifs is 1. The van der Waals surface area contributed by atoms with Gasteiger partial charge in [-0.1, -0.05) is 46.3 Å². The highest BCUT2D eigenvalue weighted by molar-refractivity contribution is 9.10. The summed E-state index contributed by atoms with van der Waals surface area (Å²) >= 11 is 3.46. The third kappa shape index (κ3) is 2.55. The molecule has 1 amide bonds. The summed E-state index contributed by atoms with van der Waals surface area (Å²) < 4.78 is 1.01. The van der Waals surface area contributed by atoms with Gasteiger partial charge >= 0.3 is 0 Å². The van der Waals surface area contributed by atoms with Crippen molar-refractivity contribution in [2.24, 2.45) is 0 Å². The smallest absolute Gasteiger partial charge is 0.217 e. The largest absolute Gasteiger partial charge is 0.361 e. The first-order chi connectivity index (χ1) is 10.5. The molecule has 0 saturated heterocycles. The van der Waals surface area contributed by atoms with E-state index in [1.54, 1.807) is 6.92 Å². The molecule has 1 aromatic heterocycles. The van der Waals surface area contributed by atoms with Crippen molar-refractivity contribution in [2.45, 2.75) is 19.4 Å². The van der Waals surface area contributed by atoms with E-state index in [0.29, 0.717) is 0 Å². The van der Waals surface area contributed by atoms with Crippen LogP contribution in [0.3, 0.4) is 0 Å². The molecule has 3 rings (SSSR count). The second-order valence-corrected chi connectivity index (χ2v) is 6.48. The van der Waals surface area contributed by atoms with Crippen LogP contribution >= 0.6 is 15.9 Å². The van der Waals surface area contributed by atoms with Crippen LogP contribution in [-0.4, -0.2) is 10.9 Å². The summed E-state index contributed by atoms with van der Waals surface area (Å²) in [6.45, 7) is 3.58. The molecule has 2 N–H and O–H groups in total. The molecule has 0 aliphatic heterocycles. The van der Waals surface area contributed by atoms with Gasteiger partial charge in [-0.3, -0.25) is 4.79 Å². The van der Waals surface area contributed by atoms with Crippen molar-refractivity contribution in [1.29, 1.82) is 0 Å². The Balaban J connectivity index is 2.21. The number of carbonyl (C=O) groups excluding carboxylic acids is 1. The molecular weight excluding hydrogens is 340 g/mol. The molecule has 0 aliphatic carbocycles. The zero-order valence-electron chi connectivity index (χ0n) is 12.5. The van der Waals surface area contributed by atoms with Gasteiger partial charge < -0.3 is 10.3 Å². The number of nitrogens with one attached hydrogen (secondary N) is 2. The Morgan fingerprint density at radius 3 is 2.50 bits per heavy atom. The van der Waals surface area contributed by atoms with E-state index >= 15 is 0 Å². The fraction of sp³-hybridized carbons (Fsp3) is 0.167. The molecule has 0 saturated carbocycles. The van der Waals surface area contributed by atoms with Crippen molar-refractivity contribution in [3.8, 4) is 0 Å². The Kier molecular flexibility index (Phi) is 3.79. The van der Waals surface area contributed by atoms with Gasteiger partial charge in [-0.15, -0.1) is 0 Å². The van der Waals surface area contributed by atoms with E-state index in [9.17, 15) is 4.79 Å². The minimum Gasteiger partial charge on any atom is -0.361 e. The van der Waals surface area contributed by atoms with Crippen molar-refractivity contribution in [3.05, 3.63) is 70.3 Å². The Bertz CT molecular complexity index is 822. The summed E-state index contributed by atoms with van der Waals surface area (Å²) in [5, 5.41) is 4.22. The van der Waals surface area contributed by atoms with Crippen LogP contribution in [0.2, 0.25) is 0 Å². The van der Waals surface area contributed by atoms with Crippen LogP contribution in [0.4, 0.5) is 0 Å². The van der Waals surface area contributed by atoms with Gasteiger partial charge in [-0.05, 0) is 30.7 Å². The summed E-state index contributed by atoms with van der Waals surface area (Å²) in [5.74, 6) is -0.0595. The Morgan fingerprint density at radius 2 is 1.82 bits per heavy atom. The normalized spacial score (nSPS) is 13.8. The van der Waals surface area contributed by atoms with E-state index in [4.69, 9.17) is 0 Å². The van der Waals surface area contributed by atoms with Crippen LogP contribution < -0.4 is 5.32 Å². The quantitative estimate of drug-likeness (QED) is 0.720. The van der Waals surface area contributed by atoms with Crippen molar-refractivity contribution >= 4 is 32.7 Å². The van der Waals surface area contributed by atoms with Gasteiger partial charge in [0.25, 0.3) is 0 Å². The second kappa shape index (κ2) is 5.61. The molecule has 0 spiro atoms. The van der Waals surface area contributed by atoms with E-state index in [-0.39, 0.29) is 5.91 Å². The van der Waals surface area contributed by atoms with Crippen molar-refractivity contribution in [1.82, 2.24) is 10.3 Å². The maximum absolute atomic E-state index is 11.8. The second-order valence-electron chi connectivity index (χ2n) is 5.56. The lowest BCUT2D eigenvalue weighted by Crippen LogP contribution is -2.43. The van der Waals surface area contributed by atoms with Gasteiger partial charge in [0.05, 0.1) is 5.54 Å². The minimum atomic E-state index is -0.591. The number of carbonyl (C=O) groups is 1. The molecule has 0 bridgehead atoms. The number of H-pyrrole nitrogens is 1. The predicted molar refractivity (Wildman–Crippen MR) is 92.7 cm³/mol. The molecule has 2 aromatic carbocycles. The standard InChI is InChI=1S/C18H17BrN2O/c1-12(22)21-18(2,13-7-9-14(19)10-8-13)16-11-20-17-6-4-3-5-15(16)17/h3-11,20H,1-2H3,(H,21,22). The lowest BCUT2D eigenvalue weighted by molar-refractivity contribution is -0.120. The van der Waals surface area contributed by atoms with E-state index in [1.807, 2.05) is 55.6 Å². The number of aromatic amines is 1. The first kappa shape index (κ1) is 14.9. The summed E-state index contributed by atoms with van der Waals surface area (Å²) in [6.07, 6.45) is 1.97. The molecule has 1 unspecified atom stereocenters. The molecule has 0 aliphatic rings. The van der Waals surface area contributed by atoms with Gasteiger partial charge in [0.1, 0.15) is 0 Å². The van der Waals surface area contributed by atoms with Gasteiger partial charge in [-0.25, -0.2) is 0 Å². The number of benzene rings is 2. The van der Waals surface area contributed by atoms with E-state index < -0.39 is 5.54 Å². The Hall–Kier alpha value is -2.07. The van der Waals surface area contributed by atoms with Crippen molar-refractivity contribution in [2.75, 3.05) is 0 Å². The Morgan fingerprint density at radius 1 is 1.14 bits per heavy atom. The van der Waals surface area contributed by atoms with Crippen LogP contribution in [0.25, 0.3) is 10.9 Å². The van der Waals surface area contributed by atoms with Gasteiger partial charge in [0.15, 0.2) is 0 Å². The molecule has 1 heterocycles. The summed E-state index contributed by atoms with van der Waals surface area (Å²) in [5.41, 5.74) is 2.56. The molecule has 3 nitrogen and oxygen atoms in total. The average molecular weight is 357 g/mol. The Labute approximate surface area is 137 Å². The number of para-hydroxylation sites is 1. The number of aromatic nitrogens is 1. The van der Waals surface area contributed by atoms with Crippen molar-refractivity contribution in [3.63, 3.8) is 0 Å². The van der Waals surface area contributed by atoms with Crippen LogP contribution in [-0.2, 0) is 10.3 Å². The first-order valence-corrected chi connectivity index (χ1v) is 7.91. The maximum Gasteiger partial charge on any atom is 0.217 e. The number of rotatable bonds is 3. The van der Waals surface area contributed by atoms with Crippen molar-refractivity contribution < 1.29 is 4.79 Å². The molecule has 1 atom stereocenters.